The van der Waals surface area contributed by atoms with Gasteiger partial charge in [0.1, 0.15) is 0 Å². The van der Waals surface area contributed by atoms with E-state index in [9.17, 15) is 9.59 Å². The summed E-state index contributed by atoms with van der Waals surface area (Å²) in [6.07, 6.45) is 0.0866. The maximum atomic E-state index is 9.79. The van der Waals surface area contributed by atoms with Crippen LogP contribution in [-0.4, -0.2) is 22.2 Å². The molecule has 0 saturated heterocycles. The van der Waals surface area contributed by atoms with Crippen LogP contribution in [0.1, 0.15) is 20.7 Å². The molecule has 0 fully saturated rings. The van der Waals surface area contributed by atoms with Gasteiger partial charge in [-0.15, -0.1) is 0 Å². The van der Waals surface area contributed by atoms with Gasteiger partial charge in [0, 0.05) is 32.3 Å². The summed E-state index contributed by atoms with van der Waals surface area (Å²) in [4.78, 5) is 19.6. The number of aliphatic carboxylic acids is 2. The van der Waals surface area contributed by atoms with E-state index in [0.29, 0.717) is 0 Å². The second kappa shape index (κ2) is 10.6. The molecule has 0 spiro atoms. The summed E-state index contributed by atoms with van der Waals surface area (Å²) in [7, 11) is 0. The van der Waals surface area contributed by atoms with Crippen LogP contribution < -0.4 is 29.6 Å². The molecule has 0 saturated carbocycles. The van der Waals surface area contributed by atoms with Gasteiger partial charge in [0.2, 0.25) is 0 Å². The molecule has 0 aliphatic heterocycles. The van der Waals surface area contributed by atoms with E-state index in [0.717, 1.165) is 0 Å². The summed E-state index contributed by atoms with van der Waals surface area (Å²) in [6.45, 7) is 0. The molecular weight excluding hydrogens is 212 g/mol. The summed E-state index contributed by atoms with van der Waals surface area (Å²) < 4.78 is 0. The minimum Gasteiger partial charge on any atom is -1.00 e. The number of hydrogen-bond donors (Lipinski definition) is 2. The first-order chi connectivity index (χ1) is 4.13. The van der Waals surface area contributed by atoms with Crippen LogP contribution in [0.3, 0.4) is 0 Å². The Morgan fingerprint density at radius 3 is 1.55 bits per heavy atom. The predicted molar refractivity (Wildman–Crippen MR) is 30.2 cm³/mol. The van der Waals surface area contributed by atoms with E-state index in [1.165, 1.54) is 0 Å². The first-order valence-corrected chi connectivity index (χ1v) is 2.56. The van der Waals surface area contributed by atoms with E-state index in [2.05, 4.69) is 0 Å². The van der Waals surface area contributed by atoms with E-state index >= 15 is 0 Å². The van der Waals surface area contributed by atoms with Gasteiger partial charge in [-0.3, -0.25) is 9.59 Å². The Morgan fingerprint density at radius 2 is 1.36 bits per heavy atom. The van der Waals surface area contributed by atoms with Gasteiger partial charge in [-0.2, -0.15) is 0 Å². The SMILES string of the molecule is O=C(O)CCCC(=O)O.[H-].[Na+].[Zn]. The third-order valence-electron chi connectivity index (χ3n) is 0.781. The quantitative estimate of drug-likeness (QED) is 0.512. The van der Waals surface area contributed by atoms with Crippen molar-refractivity contribution in [2.24, 2.45) is 0 Å². The van der Waals surface area contributed by atoms with Crippen molar-refractivity contribution >= 4 is 11.9 Å². The maximum Gasteiger partial charge on any atom is 1.00 e. The van der Waals surface area contributed by atoms with Gasteiger partial charge < -0.3 is 11.6 Å². The van der Waals surface area contributed by atoms with Crippen LogP contribution in [0, 0.1) is 0 Å². The minimum atomic E-state index is -0.948. The number of carbonyl (C=O) groups is 2. The Balaban J connectivity index is -0.000000107. The van der Waals surface area contributed by atoms with Crippen molar-refractivity contribution < 1.29 is 70.3 Å². The second-order valence-corrected chi connectivity index (χ2v) is 1.64. The Bertz CT molecular complexity index is 119. The first-order valence-electron chi connectivity index (χ1n) is 2.56. The molecule has 0 aromatic heterocycles. The van der Waals surface area contributed by atoms with Crippen LogP contribution in [0.25, 0.3) is 0 Å². The van der Waals surface area contributed by atoms with Crippen LogP contribution in [-0.2, 0) is 29.1 Å². The zero-order valence-corrected chi connectivity index (χ0v) is 11.5. The molecule has 0 amide bonds. The van der Waals surface area contributed by atoms with Gasteiger partial charge in [0.25, 0.3) is 0 Å². The fraction of sp³-hybridized carbons (Fsp3) is 0.600. The fourth-order valence-corrected chi connectivity index (χ4v) is 0.391. The van der Waals surface area contributed by atoms with Gasteiger partial charge >= 0.3 is 41.5 Å². The molecular formula is C5H9NaO4Zn. The summed E-state index contributed by atoms with van der Waals surface area (Å²) in [5, 5.41) is 16.1. The van der Waals surface area contributed by atoms with E-state index in [1.807, 2.05) is 0 Å². The van der Waals surface area contributed by atoms with Crippen molar-refractivity contribution in [1.82, 2.24) is 0 Å². The molecule has 6 heteroatoms. The van der Waals surface area contributed by atoms with Crippen molar-refractivity contribution in [2.45, 2.75) is 19.3 Å². The molecule has 0 aromatic carbocycles. The second-order valence-electron chi connectivity index (χ2n) is 1.64. The van der Waals surface area contributed by atoms with Gasteiger partial charge in [-0.25, -0.2) is 0 Å². The summed E-state index contributed by atoms with van der Waals surface area (Å²) in [5.41, 5.74) is 0. The number of rotatable bonds is 4. The summed E-state index contributed by atoms with van der Waals surface area (Å²) in [6, 6.07) is 0. The number of carboxylic acid groups (broad SMARTS) is 2. The first kappa shape index (κ1) is 17.6. The van der Waals surface area contributed by atoms with E-state index in [-0.39, 0.29) is 69.7 Å². The van der Waals surface area contributed by atoms with Crippen LogP contribution >= 0.6 is 0 Å². The molecule has 0 bridgehead atoms. The Labute approximate surface area is 101 Å². The van der Waals surface area contributed by atoms with E-state index in [1.54, 1.807) is 0 Å². The molecule has 0 aromatic rings. The van der Waals surface area contributed by atoms with Crippen LogP contribution in [0.4, 0.5) is 0 Å². The third kappa shape index (κ3) is 18.0. The average Bonchev–Trinajstić information content (AvgIpc) is 1.63. The zero-order chi connectivity index (χ0) is 7.28. The zero-order valence-electron chi connectivity index (χ0n) is 7.54. The molecule has 0 unspecified atom stereocenters. The monoisotopic (exact) mass is 220 g/mol. The smallest absolute Gasteiger partial charge is 1.00 e. The number of hydrogen-bond acceptors (Lipinski definition) is 2. The topological polar surface area (TPSA) is 74.6 Å². The molecule has 0 rings (SSSR count). The van der Waals surface area contributed by atoms with Crippen LogP contribution in [0.2, 0.25) is 0 Å². The molecule has 0 heterocycles. The standard InChI is InChI=1S/C5H8O4.Na.Zn.H/c6-4(7)2-1-3-5(8)9;;;/h1-3H2,(H,6,7)(H,8,9);;;/q;+1;;-1. The number of carboxylic acids is 2. The Morgan fingerprint density at radius 1 is 1.09 bits per heavy atom. The van der Waals surface area contributed by atoms with Crippen molar-refractivity contribution in [3.05, 3.63) is 0 Å². The summed E-state index contributed by atoms with van der Waals surface area (Å²) in [5.74, 6) is -1.90. The normalized spacial score (nSPS) is 7.27. The van der Waals surface area contributed by atoms with Gasteiger partial charge in [0.05, 0.1) is 0 Å². The third-order valence-corrected chi connectivity index (χ3v) is 0.781. The molecule has 0 aliphatic carbocycles. The largest absolute Gasteiger partial charge is 1.00 e. The fourth-order valence-electron chi connectivity index (χ4n) is 0.391. The molecule has 0 atom stereocenters. The van der Waals surface area contributed by atoms with Crippen molar-refractivity contribution in [3.8, 4) is 0 Å². The molecule has 11 heavy (non-hydrogen) atoms. The molecule has 0 aliphatic rings. The molecule has 0 radical (unpaired) electrons. The predicted octanol–water partition coefficient (Wildman–Crippen LogP) is -2.56. The van der Waals surface area contributed by atoms with Gasteiger partial charge in [0.15, 0.2) is 0 Å². The van der Waals surface area contributed by atoms with Crippen LogP contribution in [0.5, 0.6) is 0 Å². The molecule has 4 nitrogen and oxygen atoms in total. The van der Waals surface area contributed by atoms with Crippen molar-refractivity contribution in [3.63, 3.8) is 0 Å². The Hall–Kier alpha value is 0.563. The minimum absolute atomic E-state index is 0. The molecule has 2 N–H and O–H groups in total. The van der Waals surface area contributed by atoms with Gasteiger partial charge in [-0.1, -0.05) is 0 Å². The van der Waals surface area contributed by atoms with E-state index < -0.39 is 11.9 Å². The average molecular weight is 222 g/mol. The van der Waals surface area contributed by atoms with Gasteiger partial charge in [-0.05, 0) is 6.42 Å². The van der Waals surface area contributed by atoms with E-state index in [4.69, 9.17) is 10.2 Å². The van der Waals surface area contributed by atoms with Crippen molar-refractivity contribution in [1.29, 1.82) is 0 Å². The Kier molecular flexibility index (Phi) is 16.9. The maximum absolute atomic E-state index is 9.79. The summed E-state index contributed by atoms with van der Waals surface area (Å²) >= 11 is 0. The van der Waals surface area contributed by atoms with Crippen molar-refractivity contribution in [2.75, 3.05) is 0 Å². The van der Waals surface area contributed by atoms with Crippen LogP contribution in [0.15, 0.2) is 0 Å². The molecule has 56 valence electrons.